The van der Waals surface area contributed by atoms with Gasteiger partial charge in [-0.15, -0.1) is 0 Å². The zero-order valence-corrected chi connectivity index (χ0v) is 12.4. The summed E-state index contributed by atoms with van der Waals surface area (Å²) < 4.78 is 5.11. The van der Waals surface area contributed by atoms with E-state index in [0.29, 0.717) is 6.54 Å². The molecule has 0 saturated heterocycles. The highest BCUT2D eigenvalue weighted by atomic mass is 16.5. The number of hydrogen-bond donors (Lipinski definition) is 1. The van der Waals surface area contributed by atoms with Crippen molar-refractivity contribution >= 4 is 5.91 Å². The molecule has 1 atom stereocenters. The summed E-state index contributed by atoms with van der Waals surface area (Å²) >= 11 is 0. The summed E-state index contributed by atoms with van der Waals surface area (Å²) in [5.41, 5.74) is 0.986. The third kappa shape index (κ3) is 4.10. The number of carbonyl (C=O) groups is 1. The average Bonchev–Trinajstić information content (AvgIpc) is 2.46. The lowest BCUT2D eigenvalue weighted by Gasteiger charge is -2.32. The standard InChI is InChI=1S/C16H23NO3/c1-5-16(19)17(15(11-18)12(2)3)10-13-6-8-14(20-4)9-7-13/h5-9,12,15,18H,1,10-11H2,2-4H3/t15-/m1/s1. The summed E-state index contributed by atoms with van der Waals surface area (Å²) in [6.45, 7) is 7.88. The van der Waals surface area contributed by atoms with Crippen LogP contribution in [0.4, 0.5) is 0 Å². The van der Waals surface area contributed by atoms with E-state index in [-0.39, 0.29) is 24.5 Å². The first-order valence-corrected chi connectivity index (χ1v) is 6.70. The Kier molecular flexibility index (Phi) is 6.25. The minimum absolute atomic E-state index is 0.0621. The van der Waals surface area contributed by atoms with Crippen molar-refractivity contribution in [2.24, 2.45) is 5.92 Å². The third-order valence-electron chi connectivity index (χ3n) is 3.33. The number of hydrogen-bond acceptors (Lipinski definition) is 3. The lowest BCUT2D eigenvalue weighted by molar-refractivity contribution is -0.131. The minimum atomic E-state index is -0.220. The highest BCUT2D eigenvalue weighted by Crippen LogP contribution is 2.17. The molecular weight excluding hydrogens is 254 g/mol. The summed E-state index contributed by atoms with van der Waals surface area (Å²) in [5.74, 6) is 0.772. The van der Waals surface area contributed by atoms with Crippen LogP contribution in [0.2, 0.25) is 0 Å². The second-order valence-electron chi connectivity index (χ2n) is 5.01. The summed E-state index contributed by atoms with van der Waals surface area (Å²) in [6.07, 6.45) is 1.29. The van der Waals surface area contributed by atoms with Crippen LogP contribution in [0.5, 0.6) is 5.75 Å². The molecule has 0 saturated carbocycles. The molecule has 1 rings (SSSR count). The maximum absolute atomic E-state index is 12.0. The number of benzene rings is 1. The Morgan fingerprint density at radius 3 is 2.40 bits per heavy atom. The predicted octanol–water partition coefficient (Wildman–Crippen LogP) is 2.23. The molecule has 1 N–H and O–H groups in total. The number of nitrogens with zero attached hydrogens (tertiary/aromatic N) is 1. The number of rotatable bonds is 7. The average molecular weight is 277 g/mol. The molecule has 0 bridgehead atoms. The molecule has 0 heterocycles. The Labute approximate surface area is 120 Å². The molecular formula is C16H23NO3. The van der Waals surface area contributed by atoms with E-state index in [0.717, 1.165) is 11.3 Å². The van der Waals surface area contributed by atoms with Gasteiger partial charge in [-0.05, 0) is 29.7 Å². The topological polar surface area (TPSA) is 49.8 Å². The molecule has 0 spiro atoms. The first kappa shape index (κ1) is 16.2. The Morgan fingerprint density at radius 2 is 2.00 bits per heavy atom. The predicted molar refractivity (Wildman–Crippen MR) is 79.5 cm³/mol. The fraction of sp³-hybridized carbons (Fsp3) is 0.438. The molecule has 1 aromatic carbocycles. The van der Waals surface area contributed by atoms with Gasteiger partial charge in [-0.1, -0.05) is 32.6 Å². The van der Waals surface area contributed by atoms with E-state index in [2.05, 4.69) is 6.58 Å². The quantitative estimate of drug-likeness (QED) is 0.778. The maximum atomic E-state index is 12.0. The van der Waals surface area contributed by atoms with Gasteiger partial charge in [0.25, 0.3) is 0 Å². The van der Waals surface area contributed by atoms with Gasteiger partial charge in [-0.25, -0.2) is 0 Å². The Balaban J connectivity index is 2.93. The van der Waals surface area contributed by atoms with Crippen LogP contribution in [0.25, 0.3) is 0 Å². The maximum Gasteiger partial charge on any atom is 0.246 e. The monoisotopic (exact) mass is 277 g/mol. The van der Waals surface area contributed by atoms with E-state index >= 15 is 0 Å². The Bertz CT molecular complexity index is 440. The molecule has 0 aliphatic heterocycles. The highest BCUT2D eigenvalue weighted by molar-refractivity contribution is 5.87. The van der Waals surface area contributed by atoms with Crippen LogP contribution in [0.3, 0.4) is 0 Å². The molecule has 1 aromatic rings. The van der Waals surface area contributed by atoms with Crippen LogP contribution < -0.4 is 4.74 Å². The van der Waals surface area contributed by atoms with Crippen LogP contribution in [0.1, 0.15) is 19.4 Å². The molecule has 0 radical (unpaired) electrons. The Morgan fingerprint density at radius 1 is 1.40 bits per heavy atom. The van der Waals surface area contributed by atoms with E-state index in [1.807, 2.05) is 38.1 Å². The highest BCUT2D eigenvalue weighted by Gasteiger charge is 2.24. The molecule has 4 heteroatoms. The molecule has 0 aliphatic rings. The molecule has 20 heavy (non-hydrogen) atoms. The number of amides is 1. The van der Waals surface area contributed by atoms with E-state index in [9.17, 15) is 9.90 Å². The van der Waals surface area contributed by atoms with E-state index < -0.39 is 0 Å². The zero-order chi connectivity index (χ0) is 15.1. The van der Waals surface area contributed by atoms with Crippen molar-refractivity contribution in [3.63, 3.8) is 0 Å². The van der Waals surface area contributed by atoms with Gasteiger partial charge >= 0.3 is 0 Å². The molecule has 4 nitrogen and oxygen atoms in total. The Hall–Kier alpha value is -1.81. The van der Waals surface area contributed by atoms with Gasteiger partial charge in [-0.2, -0.15) is 0 Å². The van der Waals surface area contributed by atoms with Crippen molar-refractivity contribution in [1.82, 2.24) is 4.90 Å². The van der Waals surface area contributed by atoms with Crippen molar-refractivity contribution in [1.29, 1.82) is 0 Å². The number of methoxy groups -OCH3 is 1. The summed E-state index contributed by atoms with van der Waals surface area (Å²) in [6, 6.07) is 7.32. The van der Waals surface area contributed by atoms with Crippen LogP contribution in [0.15, 0.2) is 36.9 Å². The van der Waals surface area contributed by atoms with Crippen LogP contribution in [-0.4, -0.2) is 35.7 Å². The van der Waals surface area contributed by atoms with Crippen molar-refractivity contribution in [3.8, 4) is 5.75 Å². The van der Waals surface area contributed by atoms with Gasteiger partial charge < -0.3 is 14.7 Å². The number of aliphatic hydroxyl groups excluding tert-OH is 1. The summed E-state index contributed by atoms with van der Waals surface area (Å²) in [7, 11) is 1.61. The molecule has 0 aliphatic carbocycles. The number of ether oxygens (including phenoxy) is 1. The van der Waals surface area contributed by atoms with E-state index in [1.54, 1.807) is 12.0 Å². The first-order valence-electron chi connectivity index (χ1n) is 6.70. The van der Waals surface area contributed by atoms with E-state index in [1.165, 1.54) is 6.08 Å². The largest absolute Gasteiger partial charge is 0.497 e. The van der Waals surface area contributed by atoms with Crippen LogP contribution in [-0.2, 0) is 11.3 Å². The third-order valence-corrected chi connectivity index (χ3v) is 3.33. The van der Waals surface area contributed by atoms with Gasteiger partial charge in [0.05, 0.1) is 19.8 Å². The molecule has 1 amide bonds. The van der Waals surface area contributed by atoms with Gasteiger partial charge in [0.2, 0.25) is 5.91 Å². The fourth-order valence-electron chi connectivity index (χ4n) is 2.07. The second kappa shape index (κ2) is 7.70. The van der Waals surface area contributed by atoms with Gasteiger partial charge in [0.1, 0.15) is 5.75 Å². The van der Waals surface area contributed by atoms with Crippen LogP contribution in [0, 0.1) is 5.92 Å². The normalized spacial score (nSPS) is 12.1. The van der Waals surface area contributed by atoms with Crippen molar-refractivity contribution in [3.05, 3.63) is 42.5 Å². The van der Waals surface area contributed by atoms with Crippen molar-refractivity contribution in [2.75, 3.05) is 13.7 Å². The summed E-state index contributed by atoms with van der Waals surface area (Å²) in [4.78, 5) is 13.7. The van der Waals surface area contributed by atoms with Crippen LogP contribution >= 0.6 is 0 Å². The molecule has 0 aromatic heterocycles. The smallest absolute Gasteiger partial charge is 0.246 e. The first-order chi connectivity index (χ1) is 9.53. The molecule has 0 unspecified atom stereocenters. The lowest BCUT2D eigenvalue weighted by Crippen LogP contribution is -2.44. The second-order valence-corrected chi connectivity index (χ2v) is 5.01. The van der Waals surface area contributed by atoms with Gasteiger partial charge in [0.15, 0.2) is 0 Å². The zero-order valence-electron chi connectivity index (χ0n) is 12.4. The van der Waals surface area contributed by atoms with Gasteiger partial charge in [0, 0.05) is 6.54 Å². The number of carbonyl (C=O) groups excluding carboxylic acids is 1. The molecule has 110 valence electrons. The van der Waals surface area contributed by atoms with Crippen molar-refractivity contribution in [2.45, 2.75) is 26.4 Å². The fourth-order valence-corrected chi connectivity index (χ4v) is 2.07. The summed E-state index contributed by atoms with van der Waals surface area (Å²) in [5, 5.41) is 9.52. The molecule has 0 fully saturated rings. The van der Waals surface area contributed by atoms with E-state index in [4.69, 9.17) is 4.74 Å². The lowest BCUT2D eigenvalue weighted by atomic mass is 10.0. The number of aliphatic hydroxyl groups is 1. The van der Waals surface area contributed by atoms with Crippen molar-refractivity contribution < 1.29 is 14.6 Å². The SMILES string of the molecule is C=CC(=O)N(Cc1ccc(OC)cc1)[C@H](CO)C(C)C. The minimum Gasteiger partial charge on any atom is -0.497 e. The van der Waals surface area contributed by atoms with Gasteiger partial charge in [-0.3, -0.25) is 4.79 Å².